The molecular formula is C26H26N4O3. The number of nitrogens with zero attached hydrogens (tertiary/aromatic N) is 2. The van der Waals surface area contributed by atoms with Crippen LogP contribution in [-0.2, 0) is 0 Å². The zero-order valence-electron chi connectivity index (χ0n) is 18.5. The van der Waals surface area contributed by atoms with Crippen LogP contribution in [0.15, 0.2) is 97.6 Å². The van der Waals surface area contributed by atoms with E-state index in [1.165, 1.54) is 35.7 Å². The summed E-state index contributed by atoms with van der Waals surface area (Å²) in [5.74, 6) is -1.04. The van der Waals surface area contributed by atoms with E-state index in [0.29, 0.717) is 5.56 Å². The summed E-state index contributed by atoms with van der Waals surface area (Å²) in [7, 11) is 0. The number of benzene rings is 2. The Labute approximate surface area is 193 Å². The average Bonchev–Trinajstić information content (AvgIpc) is 2.84. The molecule has 0 aliphatic rings. The number of nitrogen functional groups attached to an aromatic ring is 1. The first kappa shape index (κ1) is 24.7. The smallest absolute Gasteiger partial charge is 0.335 e. The van der Waals surface area contributed by atoms with Crippen LogP contribution < -0.4 is 11.1 Å². The fourth-order valence-electron chi connectivity index (χ4n) is 2.40. The van der Waals surface area contributed by atoms with Crippen molar-refractivity contribution in [3.8, 4) is 0 Å². The van der Waals surface area contributed by atoms with Crippen LogP contribution in [0.2, 0.25) is 0 Å². The third-order valence-corrected chi connectivity index (χ3v) is 4.26. The minimum Gasteiger partial charge on any atom is -0.478 e. The zero-order chi connectivity index (χ0) is 24.1. The Morgan fingerprint density at radius 3 is 1.52 bits per heavy atom. The molecule has 4 rings (SSSR count). The highest BCUT2D eigenvalue weighted by molar-refractivity contribution is 6.04. The third-order valence-electron chi connectivity index (χ3n) is 4.26. The van der Waals surface area contributed by atoms with Gasteiger partial charge < -0.3 is 16.2 Å². The normalized spacial score (nSPS) is 9.39. The summed E-state index contributed by atoms with van der Waals surface area (Å²) in [5, 5.41) is 11.2. The second-order valence-electron chi connectivity index (χ2n) is 7.01. The number of nitrogens with one attached hydrogen (secondary N) is 1. The lowest BCUT2D eigenvalue weighted by atomic mass is 10.2. The van der Waals surface area contributed by atoms with E-state index in [1.54, 1.807) is 24.5 Å². The summed E-state index contributed by atoms with van der Waals surface area (Å²) in [4.78, 5) is 29.5. The molecule has 0 saturated carbocycles. The summed E-state index contributed by atoms with van der Waals surface area (Å²) in [6.45, 7) is 4.05. The maximum atomic E-state index is 11.8. The van der Waals surface area contributed by atoms with E-state index in [4.69, 9.17) is 10.8 Å². The van der Waals surface area contributed by atoms with Crippen LogP contribution in [0.5, 0.6) is 0 Å². The number of carboxylic acids is 1. The average molecular weight is 443 g/mol. The van der Waals surface area contributed by atoms with Gasteiger partial charge in [0.15, 0.2) is 0 Å². The SMILES string of the molecule is Cc1ccc(N)cc1.Cc1ccc(NC(=O)c2ccncc2)cc1.O=C(O)c1ccncc1. The number of amides is 1. The van der Waals surface area contributed by atoms with Crippen LogP contribution >= 0.6 is 0 Å². The first-order valence-electron chi connectivity index (χ1n) is 10.1. The molecule has 0 radical (unpaired) electrons. The van der Waals surface area contributed by atoms with Crippen LogP contribution in [-0.4, -0.2) is 27.0 Å². The highest BCUT2D eigenvalue weighted by Crippen LogP contribution is 2.10. The number of pyridine rings is 2. The molecule has 0 unspecified atom stereocenters. The van der Waals surface area contributed by atoms with Crippen molar-refractivity contribution in [2.45, 2.75) is 13.8 Å². The van der Waals surface area contributed by atoms with Gasteiger partial charge in [-0.25, -0.2) is 4.79 Å². The van der Waals surface area contributed by atoms with Gasteiger partial charge in [-0.15, -0.1) is 0 Å². The minimum atomic E-state index is -0.919. The van der Waals surface area contributed by atoms with Crippen molar-refractivity contribution in [1.82, 2.24) is 9.97 Å². The number of carbonyl (C=O) groups is 2. The highest BCUT2D eigenvalue weighted by atomic mass is 16.4. The van der Waals surface area contributed by atoms with E-state index in [0.717, 1.165) is 11.4 Å². The molecule has 0 saturated heterocycles. The van der Waals surface area contributed by atoms with Gasteiger partial charge in [0, 0.05) is 41.7 Å². The number of carbonyl (C=O) groups excluding carboxylic acids is 1. The molecule has 1 amide bonds. The van der Waals surface area contributed by atoms with E-state index >= 15 is 0 Å². The van der Waals surface area contributed by atoms with Crippen molar-refractivity contribution in [2.24, 2.45) is 0 Å². The standard InChI is InChI=1S/C13H12N2O.C7H9N.C6H5NO2/c1-10-2-4-12(5-3-10)15-13(16)11-6-8-14-9-7-11;1-6-2-4-7(8)5-3-6;8-6(9)5-1-3-7-4-2-5/h2-9H,1H3,(H,15,16);2-5H,8H2,1H3;1-4H,(H,8,9). The quantitative estimate of drug-likeness (QED) is 0.384. The molecule has 4 N–H and O–H groups in total. The van der Waals surface area contributed by atoms with E-state index in [1.807, 2.05) is 62.4 Å². The lowest BCUT2D eigenvalue weighted by Gasteiger charge is -2.04. The molecule has 0 aliphatic carbocycles. The van der Waals surface area contributed by atoms with Crippen molar-refractivity contribution >= 4 is 23.3 Å². The Kier molecular flexibility index (Phi) is 9.76. The van der Waals surface area contributed by atoms with Gasteiger partial charge in [0.2, 0.25) is 0 Å². The highest BCUT2D eigenvalue weighted by Gasteiger charge is 2.04. The number of rotatable bonds is 3. The molecule has 0 fully saturated rings. The van der Waals surface area contributed by atoms with Gasteiger partial charge >= 0.3 is 5.97 Å². The van der Waals surface area contributed by atoms with Crippen molar-refractivity contribution in [1.29, 1.82) is 0 Å². The number of nitrogens with two attached hydrogens (primary N) is 1. The Balaban J connectivity index is 0.000000192. The van der Waals surface area contributed by atoms with E-state index in [2.05, 4.69) is 15.3 Å². The Bertz CT molecular complexity index is 1110. The number of aromatic nitrogens is 2. The molecule has 0 aliphatic heterocycles. The first-order chi connectivity index (χ1) is 15.8. The lowest BCUT2D eigenvalue weighted by Crippen LogP contribution is -2.11. The predicted molar refractivity (Wildman–Crippen MR) is 130 cm³/mol. The van der Waals surface area contributed by atoms with Crippen LogP contribution in [0.25, 0.3) is 0 Å². The minimum absolute atomic E-state index is 0.119. The largest absolute Gasteiger partial charge is 0.478 e. The monoisotopic (exact) mass is 442 g/mol. The molecule has 0 bridgehead atoms. The molecule has 2 aromatic heterocycles. The molecule has 2 aromatic carbocycles. The van der Waals surface area contributed by atoms with Gasteiger partial charge in [-0.3, -0.25) is 14.8 Å². The Morgan fingerprint density at radius 1 is 0.697 bits per heavy atom. The predicted octanol–water partition coefficient (Wildman–Crippen LogP) is 5.00. The molecule has 0 spiro atoms. The van der Waals surface area contributed by atoms with Gasteiger partial charge in [0.05, 0.1) is 5.56 Å². The Hall–Kier alpha value is -4.52. The summed E-state index contributed by atoms with van der Waals surface area (Å²) < 4.78 is 0. The number of aromatic carboxylic acids is 1. The van der Waals surface area contributed by atoms with Crippen LogP contribution in [0.4, 0.5) is 11.4 Å². The molecule has 7 heteroatoms. The Morgan fingerprint density at radius 2 is 1.12 bits per heavy atom. The maximum Gasteiger partial charge on any atom is 0.335 e. The molecule has 4 aromatic rings. The molecule has 2 heterocycles. The van der Waals surface area contributed by atoms with Crippen molar-refractivity contribution in [2.75, 3.05) is 11.1 Å². The van der Waals surface area contributed by atoms with Gasteiger partial charge in [-0.2, -0.15) is 0 Å². The van der Waals surface area contributed by atoms with Gasteiger partial charge in [-0.1, -0.05) is 35.4 Å². The third kappa shape index (κ3) is 9.44. The summed E-state index contributed by atoms with van der Waals surface area (Å²) in [5.41, 5.74) is 10.3. The second kappa shape index (κ2) is 13.0. The van der Waals surface area contributed by atoms with Gasteiger partial charge in [0.25, 0.3) is 5.91 Å². The molecule has 7 nitrogen and oxygen atoms in total. The number of hydrogen-bond donors (Lipinski definition) is 3. The number of hydrogen-bond acceptors (Lipinski definition) is 5. The van der Waals surface area contributed by atoms with Crippen LogP contribution in [0.1, 0.15) is 31.8 Å². The first-order valence-corrected chi connectivity index (χ1v) is 10.1. The maximum absolute atomic E-state index is 11.8. The fraction of sp³-hybridized carbons (Fsp3) is 0.0769. The number of anilines is 2. The van der Waals surface area contributed by atoms with Gasteiger partial charge in [0.1, 0.15) is 0 Å². The van der Waals surface area contributed by atoms with Gasteiger partial charge in [-0.05, 0) is 62.4 Å². The molecule has 0 atom stereocenters. The van der Waals surface area contributed by atoms with Crippen LogP contribution in [0.3, 0.4) is 0 Å². The van der Waals surface area contributed by atoms with Crippen molar-refractivity contribution < 1.29 is 14.7 Å². The summed E-state index contributed by atoms with van der Waals surface area (Å²) in [6, 6.07) is 21.7. The molecular weight excluding hydrogens is 416 g/mol. The number of aryl methyl sites for hydroxylation is 2. The summed E-state index contributed by atoms with van der Waals surface area (Å²) in [6.07, 6.45) is 6.10. The zero-order valence-corrected chi connectivity index (χ0v) is 18.5. The van der Waals surface area contributed by atoms with E-state index in [-0.39, 0.29) is 11.5 Å². The fourth-order valence-corrected chi connectivity index (χ4v) is 2.40. The molecule has 33 heavy (non-hydrogen) atoms. The van der Waals surface area contributed by atoms with Crippen LogP contribution in [0, 0.1) is 13.8 Å². The lowest BCUT2D eigenvalue weighted by molar-refractivity contribution is 0.0696. The second-order valence-corrected chi connectivity index (χ2v) is 7.01. The molecule has 168 valence electrons. The van der Waals surface area contributed by atoms with E-state index in [9.17, 15) is 9.59 Å². The van der Waals surface area contributed by atoms with Crippen molar-refractivity contribution in [3.05, 3.63) is 120 Å². The summed E-state index contributed by atoms with van der Waals surface area (Å²) >= 11 is 0. The van der Waals surface area contributed by atoms with E-state index < -0.39 is 5.97 Å². The number of carboxylic acid groups (broad SMARTS) is 1. The topological polar surface area (TPSA) is 118 Å². The van der Waals surface area contributed by atoms with Crippen molar-refractivity contribution in [3.63, 3.8) is 0 Å².